The molecule has 0 bridgehead atoms. The van der Waals surface area contributed by atoms with Crippen LogP contribution in [0.2, 0.25) is 5.02 Å². The Labute approximate surface area is 206 Å². The molecule has 1 saturated heterocycles. The monoisotopic (exact) mass is 484 g/mol. The van der Waals surface area contributed by atoms with Gasteiger partial charge in [0.15, 0.2) is 0 Å². The molecule has 0 aromatic heterocycles. The molecule has 2 aromatic rings. The molecule has 0 spiro atoms. The minimum absolute atomic E-state index is 0.0751. The lowest BCUT2D eigenvalue weighted by atomic mass is 9.70. The van der Waals surface area contributed by atoms with E-state index in [0.29, 0.717) is 29.6 Å². The van der Waals surface area contributed by atoms with Gasteiger partial charge in [0.2, 0.25) is 5.91 Å². The molecule has 182 valence electrons. The van der Waals surface area contributed by atoms with E-state index in [9.17, 15) is 19.5 Å². The molecule has 34 heavy (non-hydrogen) atoms. The smallest absolute Gasteiger partial charge is 0.335 e. The van der Waals surface area contributed by atoms with Gasteiger partial charge < -0.3 is 15.3 Å². The van der Waals surface area contributed by atoms with Crippen LogP contribution in [0.25, 0.3) is 0 Å². The maximum absolute atomic E-state index is 13.5. The van der Waals surface area contributed by atoms with Gasteiger partial charge >= 0.3 is 5.97 Å². The fraction of sp³-hybridized carbons (Fsp3) is 0.444. The SMILES string of the molecule is Cc1ccc(C(=O)N[C@@H](C(=O)N2CCC(c3ccc(Cl)cc3)C(C)(C)C2)C(C)C)cc1C(=O)O. The molecule has 7 heteroatoms. The third-order valence-electron chi connectivity index (χ3n) is 6.76. The highest BCUT2D eigenvalue weighted by atomic mass is 35.5. The molecular formula is C27H33ClN2O4. The topological polar surface area (TPSA) is 86.7 Å². The minimum atomic E-state index is -1.09. The molecule has 2 amide bonds. The van der Waals surface area contributed by atoms with Gasteiger partial charge in [0.1, 0.15) is 6.04 Å². The van der Waals surface area contributed by atoms with Crippen LogP contribution in [0.1, 0.15) is 71.9 Å². The summed E-state index contributed by atoms with van der Waals surface area (Å²) < 4.78 is 0. The van der Waals surface area contributed by atoms with Crippen LogP contribution < -0.4 is 5.32 Å². The lowest BCUT2D eigenvalue weighted by molar-refractivity contribution is -0.137. The van der Waals surface area contributed by atoms with Gasteiger partial charge in [-0.25, -0.2) is 4.79 Å². The van der Waals surface area contributed by atoms with E-state index in [2.05, 4.69) is 31.3 Å². The predicted molar refractivity (Wildman–Crippen MR) is 133 cm³/mol. The van der Waals surface area contributed by atoms with Crippen molar-refractivity contribution in [3.8, 4) is 0 Å². The Hall–Kier alpha value is -2.86. The van der Waals surface area contributed by atoms with Crippen LogP contribution >= 0.6 is 11.6 Å². The van der Waals surface area contributed by atoms with E-state index >= 15 is 0 Å². The van der Waals surface area contributed by atoms with Gasteiger partial charge in [-0.1, -0.05) is 57.5 Å². The number of aromatic carboxylic acids is 1. The molecule has 3 rings (SSSR count). The third-order valence-corrected chi connectivity index (χ3v) is 7.01. The number of rotatable bonds is 6. The summed E-state index contributed by atoms with van der Waals surface area (Å²) in [5.74, 6) is -1.49. The zero-order chi connectivity index (χ0) is 25.2. The third kappa shape index (κ3) is 5.61. The molecule has 0 saturated carbocycles. The Bertz CT molecular complexity index is 1080. The van der Waals surface area contributed by atoms with Crippen molar-refractivity contribution in [2.24, 2.45) is 11.3 Å². The quantitative estimate of drug-likeness (QED) is 0.594. The van der Waals surface area contributed by atoms with Gasteiger partial charge in [-0.05, 0) is 66.0 Å². The Morgan fingerprint density at radius 2 is 1.76 bits per heavy atom. The molecule has 1 aliphatic rings. The Balaban J connectivity index is 1.75. The summed E-state index contributed by atoms with van der Waals surface area (Å²) in [5, 5.41) is 12.9. The molecule has 0 radical (unpaired) electrons. The minimum Gasteiger partial charge on any atom is -0.478 e. The van der Waals surface area contributed by atoms with Crippen LogP contribution in [-0.4, -0.2) is 46.9 Å². The highest BCUT2D eigenvalue weighted by molar-refractivity contribution is 6.30. The first-order valence-corrected chi connectivity index (χ1v) is 12.0. The van der Waals surface area contributed by atoms with Crippen molar-refractivity contribution in [3.05, 3.63) is 69.7 Å². The maximum atomic E-state index is 13.5. The zero-order valence-electron chi connectivity index (χ0n) is 20.4. The highest BCUT2D eigenvalue weighted by Crippen LogP contribution is 2.42. The number of nitrogens with one attached hydrogen (secondary N) is 1. The van der Waals surface area contributed by atoms with Gasteiger partial charge in [-0.2, -0.15) is 0 Å². The average Bonchev–Trinajstić information content (AvgIpc) is 2.77. The van der Waals surface area contributed by atoms with Crippen LogP contribution in [0.5, 0.6) is 0 Å². The van der Waals surface area contributed by atoms with E-state index in [0.717, 1.165) is 6.42 Å². The summed E-state index contributed by atoms with van der Waals surface area (Å²) in [7, 11) is 0. The first-order valence-electron chi connectivity index (χ1n) is 11.6. The normalized spacial score (nSPS) is 18.4. The fourth-order valence-electron chi connectivity index (χ4n) is 4.79. The van der Waals surface area contributed by atoms with Crippen LogP contribution in [0.15, 0.2) is 42.5 Å². The summed E-state index contributed by atoms with van der Waals surface area (Å²) in [6, 6.07) is 11.7. The summed E-state index contributed by atoms with van der Waals surface area (Å²) in [6.45, 7) is 11.0. The van der Waals surface area contributed by atoms with Crippen molar-refractivity contribution in [1.82, 2.24) is 10.2 Å². The standard InChI is InChI=1S/C27H33ClN2O4/c1-16(2)23(29-24(31)19-7-6-17(3)21(14-19)26(33)34)25(32)30-13-12-22(27(4,5)15-30)18-8-10-20(28)11-9-18/h6-11,14,16,22-23H,12-13,15H2,1-5H3,(H,29,31)(H,33,34)/t22?,23-/m1/s1. The van der Waals surface area contributed by atoms with E-state index in [1.165, 1.54) is 11.6 Å². The summed E-state index contributed by atoms with van der Waals surface area (Å²) in [5.41, 5.74) is 1.94. The number of hydrogen-bond donors (Lipinski definition) is 2. The van der Waals surface area contributed by atoms with E-state index in [-0.39, 0.29) is 28.4 Å². The molecule has 6 nitrogen and oxygen atoms in total. The Morgan fingerprint density at radius 3 is 2.32 bits per heavy atom. The first kappa shape index (κ1) is 25.8. The highest BCUT2D eigenvalue weighted by Gasteiger charge is 2.40. The van der Waals surface area contributed by atoms with Crippen LogP contribution in [0, 0.1) is 18.3 Å². The van der Waals surface area contributed by atoms with Gasteiger partial charge in [-0.3, -0.25) is 9.59 Å². The molecule has 1 aliphatic heterocycles. The van der Waals surface area contributed by atoms with E-state index in [4.69, 9.17) is 11.6 Å². The van der Waals surface area contributed by atoms with E-state index in [1.807, 2.05) is 30.9 Å². The number of nitrogens with zero attached hydrogens (tertiary/aromatic N) is 1. The van der Waals surface area contributed by atoms with Crippen molar-refractivity contribution in [3.63, 3.8) is 0 Å². The van der Waals surface area contributed by atoms with Crippen molar-refractivity contribution in [2.75, 3.05) is 13.1 Å². The maximum Gasteiger partial charge on any atom is 0.335 e. The number of benzene rings is 2. The van der Waals surface area contributed by atoms with E-state index < -0.39 is 17.9 Å². The second-order valence-electron chi connectivity index (χ2n) is 10.2. The number of carbonyl (C=O) groups excluding carboxylic acids is 2. The number of carboxylic acid groups (broad SMARTS) is 1. The number of aryl methyl sites for hydroxylation is 1. The molecular weight excluding hydrogens is 452 g/mol. The number of carboxylic acids is 1. The molecule has 2 aromatic carbocycles. The van der Waals surface area contributed by atoms with Gasteiger partial charge in [0.05, 0.1) is 5.56 Å². The van der Waals surface area contributed by atoms with Gasteiger partial charge in [0.25, 0.3) is 5.91 Å². The number of hydrogen-bond acceptors (Lipinski definition) is 3. The zero-order valence-corrected chi connectivity index (χ0v) is 21.1. The van der Waals surface area contributed by atoms with Crippen LogP contribution in [0.3, 0.4) is 0 Å². The molecule has 0 aliphatic carbocycles. The molecule has 1 fully saturated rings. The van der Waals surface area contributed by atoms with Crippen molar-refractivity contribution in [2.45, 2.75) is 53.0 Å². The van der Waals surface area contributed by atoms with Crippen molar-refractivity contribution in [1.29, 1.82) is 0 Å². The number of likely N-dealkylation sites (tertiary alicyclic amines) is 1. The van der Waals surface area contributed by atoms with Crippen molar-refractivity contribution < 1.29 is 19.5 Å². The van der Waals surface area contributed by atoms with E-state index in [1.54, 1.807) is 19.1 Å². The number of carbonyl (C=O) groups is 3. The predicted octanol–water partition coefficient (Wildman–Crippen LogP) is 5.14. The first-order chi connectivity index (χ1) is 15.9. The average molecular weight is 485 g/mol. The molecule has 1 heterocycles. The summed E-state index contributed by atoms with van der Waals surface area (Å²) in [6.07, 6.45) is 0.819. The second-order valence-corrected chi connectivity index (χ2v) is 10.6. The number of halogens is 1. The summed E-state index contributed by atoms with van der Waals surface area (Å²) >= 11 is 6.05. The lowest BCUT2D eigenvalue weighted by Gasteiger charge is -2.45. The van der Waals surface area contributed by atoms with Gasteiger partial charge in [0, 0.05) is 23.7 Å². The van der Waals surface area contributed by atoms with Crippen LogP contribution in [-0.2, 0) is 4.79 Å². The van der Waals surface area contributed by atoms with Crippen LogP contribution in [0.4, 0.5) is 0 Å². The lowest BCUT2D eigenvalue weighted by Crippen LogP contribution is -2.55. The summed E-state index contributed by atoms with van der Waals surface area (Å²) in [4.78, 5) is 39.7. The number of amides is 2. The fourth-order valence-corrected chi connectivity index (χ4v) is 4.91. The second kappa shape index (κ2) is 10.2. The molecule has 2 N–H and O–H groups in total. The van der Waals surface area contributed by atoms with Crippen molar-refractivity contribution >= 4 is 29.4 Å². The molecule has 2 atom stereocenters. The Morgan fingerprint density at radius 1 is 1.12 bits per heavy atom. The number of piperidine rings is 1. The van der Waals surface area contributed by atoms with Gasteiger partial charge in [-0.15, -0.1) is 0 Å². The largest absolute Gasteiger partial charge is 0.478 e. The molecule has 1 unspecified atom stereocenters. The Kier molecular flexibility index (Phi) is 7.71.